The standard InChI is InChI=1S/C10H17N3O2/c1-5-6-8-12-11-7(2)13(8)10(3,4)9(14)15/h5-6H2,1-4H3,(H,14,15). The molecule has 0 saturated heterocycles. The van der Waals surface area contributed by atoms with Crippen LogP contribution in [-0.4, -0.2) is 25.8 Å². The van der Waals surface area contributed by atoms with E-state index in [1.807, 2.05) is 6.92 Å². The second-order valence-corrected chi connectivity index (χ2v) is 4.11. The van der Waals surface area contributed by atoms with Gasteiger partial charge in [-0.1, -0.05) is 6.92 Å². The van der Waals surface area contributed by atoms with E-state index in [0.29, 0.717) is 5.82 Å². The van der Waals surface area contributed by atoms with Crippen molar-refractivity contribution in [1.82, 2.24) is 14.8 Å². The molecule has 1 rings (SSSR count). The summed E-state index contributed by atoms with van der Waals surface area (Å²) in [6.07, 6.45) is 1.67. The zero-order valence-electron chi connectivity index (χ0n) is 9.61. The summed E-state index contributed by atoms with van der Waals surface area (Å²) in [6, 6.07) is 0. The van der Waals surface area contributed by atoms with Crippen LogP contribution in [0, 0.1) is 6.92 Å². The third-order valence-electron chi connectivity index (χ3n) is 2.45. The number of aromatic nitrogens is 3. The monoisotopic (exact) mass is 211 g/mol. The molecule has 0 atom stereocenters. The number of carbonyl (C=O) groups is 1. The van der Waals surface area contributed by atoms with Crippen LogP contribution in [0.3, 0.4) is 0 Å². The summed E-state index contributed by atoms with van der Waals surface area (Å²) < 4.78 is 1.69. The molecule has 0 aliphatic carbocycles. The van der Waals surface area contributed by atoms with Gasteiger partial charge in [-0.25, -0.2) is 4.79 Å². The molecule has 0 bridgehead atoms. The Morgan fingerprint density at radius 1 is 1.47 bits per heavy atom. The van der Waals surface area contributed by atoms with Gasteiger partial charge in [0.2, 0.25) is 0 Å². The summed E-state index contributed by atoms with van der Waals surface area (Å²) in [5.41, 5.74) is -0.988. The fourth-order valence-electron chi connectivity index (χ4n) is 1.61. The van der Waals surface area contributed by atoms with Gasteiger partial charge >= 0.3 is 5.97 Å². The van der Waals surface area contributed by atoms with Crippen molar-refractivity contribution in [3.8, 4) is 0 Å². The Hall–Kier alpha value is -1.39. The van der Waals surface area contributed by atoms with Crippen molar-refractivity contribution in [2.24, 2.45) is 0 Å². The molecule has 5 heteroatoms. The molecular formula is C10H17N3O2. The first-order chi connectivity index (χ1) is 6.91. The Balaban J connectivity index is 3.22. The largest absolute Gasteiger partial charge is 0.480 e. The maximum Gasteiger partial charge on any atom is 0.329 e. The molecule has 1 heterocycles. The van der Waals surface area contributed by atoms with Crippen molar-refractivity contribution < 1.29 is 9.90 Å². The SMILES string of the molecule is CCCc1nnc(C)n1C(C)(C)C(=O)O. The predicted molar refractivity (Wildman–Crippen MR) is 55.7 cm³/mol. The average Bonchev–Trinajstić information content (AvgIpc) is 2.48. The second kappa shape index (κ2) is 4.00. The minimum Gasteiger partial charge on any atom is -0.480 e. The highest BCUT2D eigenvalue weighted by molar-refractivity contribution is 5.75. The highest BCUT2D eigenvalue weighted by Gasteiger charge is 2.33. The van der Waals surface area contributed by atoms with Crippen LogP contribution in [0.1, 0.15) is 38.8 Å². The summed E-state index contributed by atoms with van der Waals surface area (Å²) >= 11 is 0. The highest BCUT2D eigenvalue weighted by atomic mass is 16.4. The van der Waals surface area contributed by atoms with Crippen molar-refractivity contribution in [1.29, 1.82) is 0 Å². The molecule has 0 amide bonds. The van der Waals surface area contributed by atoms with Crippen molar-refractivity contribution >= 4 is 5.97 Å². The Morgan fingerprint density at radius 2 is 2.07 bits per heavy atom. The van der Waals surface area contributed by atoms with Gasteiger partial charge in [0.05, 0.1) is 0 Å². The van der Waals surface area contributed by atoms with Crippen LogP contribution in [0.25, 0.3) is 0 Å². The molecule has 0 aliphatic rings. The molecule has 0 saturated carbocycles. The van der Waals surface area contributed by atoms with E-state index in [-0.39, 0.29) is 0 Å². The lowest BCUT2D eigenvalue weighted by Gasteiger charge is -2.24. The zero-order chi connectivity index (χ0) is 11.6. The van der Waals surface area contributed by atoms with E-state index in [4.69, 9.17) is 5.11 Å². The van der Waals surface area contributed by atoms with Gasteiger partial charge in [-0.2, -0.15) is 0 Å². The fourth-order valence-corrected chi connectivity index (χ4v) is 1.61. The molecule has 0 unspecified atom stereocenters. The summed E-state index contributed by atoms with van der Waals surface area (Å²) in [6.45, 7) is 7.12. The number of aliphatic carboxylic acids is 1. The molecule has 1 N–H and O–H groups in total. The van der Waals surface area contributed by atoms with Crippen LogP contribution in [-0.2, 0) is 16.8 Å². The Morgan fingerprint density at radius 3 is 2.53 bits per heavy atom. The molecule has 84 valence electrons. The number of aryl methyl sites for hydroxylation is 2. The van der Waals surface area contributed by atoms with E-state index in [9.17, 15) is 4.79 Å². The Labute approximate surface area is 89.1 Å². The maximum absolute atomic E-state index is 11.2. The van der Waals surface area contributed by atoms with Gasteiger partial charge in [0, 0.05) is 6.42 Å². The quantitative estimate of drug-likeness (QED) is 0.816. The molecule has 15 heavy (non-hydrogen) atoms. The highest BCUT2D eigenvalue weighted by Crippen LogP contribution is 2.20. The fraction of sp³-hybridized carbons (Fsp3) is 0.700. The minimum absolute atomic E-state index is 0.644. The normalized spacial score (nSPS) is 11.7. The van der Waals surface area contributed by atoms with E-state index in [1.165, 1.54) is 0 Å². The van der Waals surface area contributed by atoms with Crippen molar-refractivity contribution in [2.75, 3.05) is 0 Å². The maximum atomic E-state index is 11.2. The molecular weight excluding hydrogens is 194 g/mol. The van der Waals surface area contributed by atoms with Crippen LogP contribution >= 0.6 is 0 Å². The van der Waals surface area contributed by atoms with Crippen LogP contribution in [0.5, 0.6) is 0 Å². The molecule has 0 aliphatic heterocycles. The van der Waals surface area contributed by atoms with Crippen molar-refractivity contribution in [2.45, 2.75) is 46.1 Å². The molecule has 0 aromatic carbocycles. The first kappa shape index (κ1) is 11.7. The first-order valence-electron chi connectivity index (χ1n) is 5.06. The van der Waals surface area contributed by atoms with E-state index in [1.54, 1.807) is 25.3 Å². The summed E-state index contributed by atoms with van der Waals surface area (Å²) in [4.78, 5) is 11.2. The number of hydrogen-bond donors (Lipinski definition) is 1. The van der Waals surface area contributed by atoms with Gasteiger partial charge in [0.25, 0.3) is 0 Å². The summed E-state index contributed by atoms with van der Waals surface area (Å²) in [5.74, 6) is 0.510. The van der Waals surface area contributed by atoms with Gasteiger partial charge in [0.1, 0.15) is 17.2 Å². The van der Waals surface area contributed by atoms with Gasteiger partial charge in [-0.3, -0.25) is 4.57 Å². The van der Waals surface area contributed by atoms with Gasteiger partial charge in [-0.15, -0.1) is 10.2 Å². The molecule has 0 spiro atoms. The second-order valence-electron chi connectivity index (χ2n) is 4.11. The molecule has 1 aromatic rings. The summed E-state index contributed by atoms with van der Waals surface area (Å²) in [5, 5.41) is 17.1. The van der Waals surface area contributed by atoms with Crippen LogP contribution in [0.2, 0.25) is 0 Å². The number of nitrogens with zero attached hydrogens (tertiary/aromatic N) is 3. The Bertz CT molecular complexity index is 369. The van der Waals surface area contributed by atoms with E-state index in [0.717, 1.165) is 18.7 Å². The van der Waals surface area contributed by atoms with Gasteiger partial charge in [-0.05, 0) is 27.2 Å². The van der Waals surface area contributed by atoms with Crippen LogP contribution in [0.4, 0.5) is 0 Å². The number of hydrogen-bond acceptors (Lipinski definition) is 3. The van der Waals surface area contributed by atoms with Gasteiger partial charge < -0.3 is 5.11 Å². The number of carboxylic acid groups (broad SMARTS) is 1. The minimum atomic E-state index is -0.988. The molecule has 5 nitrogen and oxygen atoms in total. The van der Waals surface area contributed by atoms with Crippen molar-refractivity contribution in [3.63, 3.8) is 0 Å². The van der Waals surface area contributed by atoms with E-state index < -0.39 is 11.5 Å². The predicted octanol–water partition coefficient (Wildman–Crippen LogP) is 1.36. The Kier molecular flexibility index (Phi) is 3.12. The van der Waals surface area contributed by atoms with Crippen LogP contribution in [0.15, 0.2) is 0 Å². The number of carboxylic acids is 1. The van der Waals surface area contributed by atoms with Crippen LogP contribution < -0.4 is 0 Å². The van der Waals surface area contributed by atoms with Gasteiger partial charge in [0.15, 0.2) is 0 Å². The molecule has 0 radical (unpaired) electrons. The third kappa shape index (κ3) is 2.00. The van der Waals surface area contributed by atoms with E-state index in [2.05, 4.69) is 10.2 Å². The average molecular weight is 211 g/mol. The number of rotatable bonds is 4. The lowest BCUT2D eigenvalue weighted by atomic mass is 10.1. The molecule has 0 fully saturated rings. The third-order valence-corrected chi connectivity index (χ3v) is 2.45. The lowest BCUT2D eigenvalue weighted by Crippen LogP contribution is -2.37. The lowest BCUT2D eigenvalue weighted by molar-refractivity contribution is -0.145. The summed E-state index contributed by atoms with van der Waals surface area (Å²) in [7, 11) is 0. The van der Waals surface area contributed by atoms with E-state index >= 15 is 0 Å². The zero-order valence-corrected chi connectivity index (χ0v) is 9.61. The first-order valence-corrected chi connectivity index (χ1v) is 5.06. The van der Waals surface area contributed by atoms with Crippen molar-refractivity contribution in [3.05, 3.63) is 11.6 Å². The molecule has 1 aromatic heterocycles. The smallest absolute Gasteiger partial charge is 0.329 e. The topological polar surface area (TPSA) is 68.0 Å².